The molecule has 5 nitrogen and oxygen atoms in total. The molecule has 1 aromatic rings. The van der Waals surface area contributed by atoms with Gasteiger partial charge in [0.05, 0.1) is 5.69 Å². The molecule has 1 atom stereocenters. The number of amides is 1. The van der Waals surface area contributed by atoms with Gasteiger partial charge in [0.15, 0.2) is 0 Å². The smallest absolute Gasteiger partial charge is 0.254 e. The minimum absolute atomic E-state index is 0.0336. The van der Waals surface area contributed by atoms with E-state index >= 15 is 0 Å². The van der Waals surface area contributed by atoms with Crippen molar-refractivity contribution >= 4 is 5.91 Å². The van der Waals surface area contributed by atoms with E-state index in [1.54, 1.807) is 6.92 Å². The Morgan fingerprint density at radius 2 is 2.10 bits per heavy atom. The van der Waals surface area contributed by atoms with Gasteiger partial charge in [0.1, 0.15) is 5.82 Å². The molecular weight excluding hydrogens is 266 g/mol. The first-order valence-electron chi connectivity index (χ1n) is 7.96. The van der Waals surface area contributed by atoms with E-state index < -0.39 is 0 Å². The Labute approximate surface area is 123 Å². The maximum Gasteiger partial charge on any atom is 0.254 e. The van der Waals surface area contributed by atoms with Gasteiger partial charge in [0, 0.05) is 31.0 Å². The van der Waals surface area contributed by atoms with E-state index in [0.29, 0.717) is 43.1 Å². The summed E-state index contributed by atoms with van der Waals surface area (Å²) >= 11 is 0. The highest BCUT2D eigenvalue weighted by Crippen LogP contribution is 2.65. The van der Waals surface area contributed by atoms with Crippen LogP contribution in [0.25, 0.3) is 0 Å². The first kappa shape index (κ1) is 13.0. The second-order valence-corrected chi connectivity index (χ2v) is 6.87. The molecule has 1 N–H and O–H groups in total. The summed E-state index contributed by atoms with van der Waals surface area (Å²) in [4.78, 5) is 33.8. The molecule has 2 saturated carbocycles. The van der Waals surface area contributed by atoms with Crippen LogP contribution in [0.3, 0.4) is 0 Å². The highest BCUT2D eigenvalue weighted by molar-refractivity contribution is 5.83. The molecule has 1 aromatic heterocycles. The molecule has 1 aliphatic heterocycles. The normalized spacial score (nSPS) is 26.0. The van der Waals surface area contributed by atoms with E-state index in [1.807, 2.05) is 4.90 Å². The molecule has 1 unspecified atom stereocenters. The number of rotatable bonds is 1. The monoisotopic (exact) mass is 287 g/mol. The lowest BCUT2D eigenvalue weighted by Crippen LogP contribution is -2.36. The predicted molar refractivity (Wildman–Crippen MR) is 78.0 cm³/mol. The summed E-state index contributed by atoms with van der Waals surface area (Å²) in [6, 6.07) is 0. The SMILES string of the molecule is Cc1nc2c(c(=O)[nH]1)CCN(C(=O)C1CC13CCC3)CC2. The largest absolute Gasteiger partial charge is 0.342 e. The van der Waals surface area contributed by atoms with Gasteiger partial charge in [-0.2, -0.15) is 0 Å². The van der Waals surface area contributed by atoms with Gasteiger partial charge in [-0.1, -0.05) is 6.42 Å². The highest BCUT2D eigenvalue weighted by atomic mass is 16.2. The summed E-state index contributed by atoms with van der Waals surface area (Å²) < 4.78 is 0. The van der Waals surface area contributed by atoms with E-state index in [2.05, 4.69) is 9.97 Å². The van der Waals surface area contributed by atoms with Crippen LogP contribution in [-0.2, 0) is 17.6 Å². The maximum atomic E-state index is 12.6. The van der Waals surface area contributed by atoms with Gasteiger partial charge in [-0.15, -0.1) is 0 Å². The number of aryl methyl sites for hydroxylation is 1. The minimum atomic E-state index is -0.0336. The van der Waals surface area contributed by atoms with Crippen molar-refractivity contribution < 1.29 is 4.79 Å². The van der Waals surface area contributed by atoms with Gasteiger partial charge < -0.3 is 9.88 Å². The minimum Gasteiger partial charge on any atom is -0.342 e. The van der Waals surface area contributed by atoms with Crippen LogP contribution in [0.2, 0.25) is 0 Å². The van der Waals surface area contributed by atoms with Crippen LogP contribution < -0.4 is 5.56 Å². The number of H-pyrrole nitrogens is 1. The number of fused-ring (bicyclic) bond motifs is 1. The molecule has 0 aromatic carbocycles. The molecule has 0 saturated heterocycles. The van der Waals surface area contributed by atoms with Crippen molar-refractivity contribution in [3.05, 3.63) is 27.4 Å². The lowest BCUT2D eigenvalue weighted by atomic mass is 9.79. The Hall–Kier alpha value is -1.65. The molecule has 3 aliphatic rings. The molecule has 2 fully saturated rings. The molecule has 2 heterocycles. The van der Waals surface area contributed by atoms with Crippen molar-refractivity contribution in [2.75, 3.05) is 13.1 Å². The fourth-order valence-corrected chi connectivity index (χ4v) is 4.05. The number of hydrogen-bond donors (Lipinski definition) is 1. The third-order valence-corrected chi connectivity index (χ3v) is 5.62. The Morgan fingerprint density at radius 3 is 2.76 bits per heavy atom. The average Bonchev–Trinajstić information content (AvgIpc) is 3.17. The number of nitrogens with zero attached hydrogens (tertiary/aromatic N) is 2. The van der Waals surface area contributed by atoms with Crippen molar-refractivity contribution in [3.63, 3.8) is 0 Å². The van der Waals surface area contributed by atoms with Crippen molar-refractivity contribution in [1.29, 1.82) is 0 Å². The number of carbonyl (C=O) groups is 1. The van der Waals surface area contributed by atoms with E-state index in [4.69, 9.17) is 0 Å². The van der Waals surface area contributed by atoms with Crippen LogP contribution in [0.4, 0.5) is 0 Å². The quantitative estimate of drug-likeness (QED) is 0.844. The molecule has 112 valence electrons. The third kappa shape index (κ3) is 2.01. The number of aromatic amines is 1. The molecular formula is C16H21N3O2. The summed E-state index contributed by atoms with van der Waals surface area (Å²) in [7, 11) is 0. The maximum absolute atomic E-state index is 12.6. The Kier molecular flexibility index (Phi) is 2.75. The van der Waals surface area contributed by atoms with Gasteiger partial charge in [-0.3, -0.25) is 9.59 Å². The summed E-state index contributed by atoms with van der Waals surface area (Å²) in [6.07, 6.45) is 6.17. The standard InChI is InChI=1S/C16H21N3O2/c1-10-17-13-4-8-19(7-3-11(13)14(20)18-10)15(21)12-9-16(12)5-2-6-16/h12H,2-9H2,1H3,(H,17,18,20). The Bertz CT molecular complexity index is 660. The average molecular weight is 287 g/mol. The zero-order valence-corrected chi connectivity index (χ0v) is 12.4. The molecule has 1 spiro atoms. The van der Waals surface area contributed by atoms with Crippen molar-refractivity contribution in [1.82, 2.24) is 14.9 Å². The van der Waals surface area contributed by atoms with E-state index in [1.165, 1.54) is 19.3 Å². The van der Waals surface area contributed by atoms with E-state index in [0.717, 1.165) is 17.7 Å². The van der Waals surface area contributed by atoms with Gasteiger partial charge in [0.25, 0.3) is 5.56 Å². The zero-order valence-electron chi connectivity index (χ0n) is 12.4. The van der Waals surface area contributed by atoms with Gasteiger partial charge in [-0.25, -0.2) is 4.98 Å². The second-order valence-electron chi connectivity index (χ2n) is 6.87. The first-order valence-corrected chi connectivity index (χ1v) is 7.96. The number of nitrogens with one attached hydrogen (secondary N) is 1. The predicted octanol–water partition coefficient (Wildman–Crippen LogP) is 1.20. The Balaban J connectivity index is 1.51. The van der Waals surface area contributed by atoms with Crippen LogP contribution in [0.5, 0.6) is 0 Å². The molecule has 5 heteroatoms. The Morgan fingerprint density at radius 1 is 1.33 bits per heavy atom. The summed E-state index contributed by atoms with van der Waals surface area (Å²) in [6.45, 7) is 3.17. The lowest BCUT2D eigenvalue weighted by Gasteiger charge is -2.28. The number of hydrogen-bond acceptors (Lipinski definition) is 3. The van der Waals surface area contributed by atoms with Crippen molar-refractivity contribution in [2.24, 2.45) is 11.3 Å². The third-order valence-electron chi connectivity index (χ3n) is 5.62. The lowest BCUT2D eigenvalue weighted by molar-refractivity contribution is -0.133. The fraction of sp³-hybridized carbons (Fsp3) is 0.688. The van der Waals surface area contributed by atoms with Gasteiger partial charge in [0.2, 0.25) is 5.91 Å². The number of carbonyl (C=O) groups excluding carboxylic acids is 1. The van der Waals surface area contributed by atoms with Crippen molar-refractivity contribution in [2.45, 2.75) is 45.4 Å². The molecule has 2 aliphatic carbocycles. The fourth-order valence-electron chi connectivity index (χ4n) is 4.05. The van der Waals surface area contributed by atoms with Crippen LogP contribution in [-0.4, -0.2) is 33.9 Å². The van der Waals surface area contributed by atoms with E-state index in [9.17, 15) is 9.59 Å². The van der Waals surface area contributed by atoms with Gasteiger partial charge >= 0.3 is 0 Å². The number of aromatic nitrogens is 2. The first-order chi connectivity index (χ1) is 10.1. The van der Waals surface area contributed by atoms with Crippen LogP contribution in [0, 0.1) is 18.3 Å². The zero-order chi connectivity index (χ0) is 14.6. The molecule has 4 rings (SSSR count). The molecule has 0 radical (unpaired) electrons. The van der Waals surface area contributed by atoms with E-state index in [-0.39, 0.29) is 11.5 Å². The molecule has 1 amide bonds. The van der Waals surface area contributed by atoms with Crippen LogP contribution in [0.15, 0.2) is 4.79 Å². The highest BCUT2D eigenvalue weighted by Gasteiger charge is 2.61. The van der Waals surface area contributed by atoms with Gasteiger partial charge in [-0.05, 0) is 38.0 Å². The second kappa shape index (κ2) is 4.42. The molecule has 0 bridgehead atoms. The van der Waals surface area contributed by atoms with Crippen LogP contribution in [0.1, 0.15) is 42.8 Å². The van der Waals surface area contributed by atoms with Crippen LogP contribution >= 0.6 is 0 Å². The molecule has 21 heavy (non-hydrogen) atoms. The summed E-state index contributed by atoms with van der Waals surface area (Å²) in [5.74, 6) is 1.24. The van der Waals surface area contributed by atoms with Crippen molar-refractivity contribution in [3.8, 4) is 0 Å². The summed E-state index contributed by atoms with van der Waals surface area (Å²) in [5.41, 5.74) is 1.99. The topological polar surface area (TPSA) is 66.1 Å². The summed E-state index contributed by atoms with van der Waals surface area (Å²) in [5, 5.41) is 0.